The summed E-state index contributed by atoms with van der Waals surface area (Å²) in [5.41, 5.74) is 2.87. The van der Waals surface area contributed by atoms with Gasteiger partial charge in [-0.05, 0) is 43.4 Å². The zero-order chi connectivity index (χ0) is 19.8. The van der Waals surface area contributed by atoms with Crippen LogP contribution in [0, 0.1) is 12.8 Å². The lowest BCUT2D eigenvalue weighted by atomic mass is 10.0. The maximum Gasteiger partial charge on any atom is 0.251 e. The Hall–Kier alpha value is -2.62. The lowest BCUT2D eigenvalue weighted by Gasteiger charge is -2.27. The Morgan fingerprint density at radius 3 is 2.37 bits per heavy atom. The molecule has 2 aromatic rings. The molecule has 1 N–H and O–H groups in total. The molecule has 0 saturated carbocycles. The molecule has 2 rings (SSSR count). The van der Waals surface area contributed by atoms with Crippen LogP contribution < -0.4 is 5.32 Å². The molecule has 0 spiro atoms. The van der Waals surface area contributed by atoms with Crippen LogP contribution in [0.4, 0.5) is 0 Å². The Labute approximate surface area is 162 Å². The Balaban J connectivity index is 1.93. The van der Waals surface area contributed by atoms with E-state index in [2.05, 4.69) is 17.4 Å². The maximum atomic E-state index is 12.9. The lowest BCUT2D eigenvalue weighted by molar-refractivity contribution is -0.133. The van der Waals surface area contributed by atoms with Crippen molar-refractivity contribution < 1.29 is 9.59 Å². The summed E-state index contributed by atoms with van der Waals surface area (Å²) >= 11 is 0. The topological polar surface area (TPSA) is 49.4 Å². The molecule has 0 radical (unpaired) electrons. The highest BCUT2D eigenvalue weighted by atomic mass is 16.2. The number of likely N-dealkylation sites (N-methyl/N-ethyl adjacent to an activating group) is 1. The fourth-order valence-electron chi connectivity index (χ4n) is 3.04. The summed E-state index contributed by atoms with van der Waals surface area (Å²) in [6.07, 6.45) is 1.82. The van der Waals surface area contributed by atoms with Gasteiger partial charge in [-0.15, -0.1) is 0 Å². The largest absolute Gasteiger partial charge is 0.344 e. The van der Waals surface area contributed by atoms with Gasteiger partial charge in [-0.2, -0.15) is 0 Å². The van der Waals surface area contributed by atoms with Gasteiger partial charge >= 0.3 is 0 Å². The van der Waals surface area contributed by atoms with E-state index in [4.69, 9.17) is 0 Å². The minimum atomic E-state index is -0.528. The first-order valence-corrected chi connectivity index (χ1v) is 9.55. The molecule has 0 heterocycles. The first-order chi connectivity index (χ1) is 12.9. The van der Waals surface area contributed by atoms with E-state index in [-0.39, 0.29) is 17.7 Å². The van der Waals surface area contributed by atoms with Gasteiger partial charge in [-0.1, -0.05) is 61.9 Å². The highest BCUT2D eigenvalue weighted by Crippen LogP contribution is 2.10. The predicted octanol–water partition coefficient (Wildman–Crippen LogP) is 3.84. The number of carbonyl (C=O) groups is 2. The third-order valence-electron chi connectivity index (χ3n) is 4.68. The summed E-state index contributed by atoms with van der Waals surface area (Å²) in [5, 5.41) is 2.92. The van der Waals surface area contributed by atoms with Crippen molar-refractivity contribution in [3.8, 4) is 0 Å². The van der Waals surface area contributed by atoms with Crippen LogP contribution in [-0.4, -0.2) is 36.3 Å². The lowest BCUT2D eigenvalue weighted by Crippen LogP contribution is -2.50. The van der Waals surface area contributed by atoms with Crippen LogP contribution >= 0.6 is 0 Å². The Kier molecular flexibility index (Phi) is 7.59. The number of hydrogen-bond donors (Lipinski definition) is 1. The second-order valence-electron chi connectivity index (χ2n) is 7.41. The standard InChI is InChI=1S/C23H30N2O2/c1-17(2)21(24-22(26)20-14-8-10-18(3)16-20)23(27)25(4)15-9-13-19-11-6-5-7-12-19/h5-8,10-12,14,16-17,21H,9,13,15H2,1-4H3,(H,24,26). The number of hydrogen-bond acceptors (Lipinski definition) is 2. The van der Waals surface area contributed by atoms with Crippen molar-refractivity contribution in [1.29, 1.82) is 0 Å². The van der Waals surface area contributed by atoms with E-state index in [0.29, 0.717) is 12.1 Å². The van der Waals surface area contributed by atoms with Crippen molar-refractivity contribution in [2.75, 3.05) is 13.6 Å². The molecule has 1 atom stereocenters. The van der Waals surface area contributed by atoms with Crippen LogP contribution in [0.3, 0.4) is 0 Å². The summed E-state index contributed by atoms with van der Waals surface area (Å²) < 4.78 is 0. The molecule has 4 heteroatoms. The molecule has 0 aliphatic carbocycles. The smallest absolute Gasteiger partial charge is 0.251 e. The van der Waals surface area contributed by atoms with E-state index in [1.54, 1.807) is 11.0 Å². The van der Waals surface area contributed by atoms with Crippen molar-refractivity contribution in [1.82, 2.24) is 10.2 Å². The average molecular weight is 367 g/mol. The first-order valence-electron chi connectivity index (χ1n) is 9.55. The van der Waals surface area contributed by atoms with Crippen molar-refractivity contribution in [2.24, 2.45) is 5.92 Å². The van der Waals surface area contributed by atoms with Crippen molar-refractivity contribution in [2.45, 2.75) is 39.7 Å². The Bertz CT molecular complexity index is 756. The van der Waals surface area contributed by atoms with Crippen LogP contribution in [0.5, 0.6) is 0 Å². The fourth-order valence-corrected chi connectivity index (χ4v) is 3.04. The second kappa shape index (κ2) is 9.91. The van der Waals surface area contributed by atoms with E-state index in [0.717, 1.165) is 18.4 Å². The third-order valence-corrected chi connectivity index (χ3v) is 4.68. The van der Waals surface area contributed by atoms with Gasteiger partial charge in [-0.3, -0.25) is 9.59 Å². The Morgan fingerprint density at radius 1 is 1.04 bits per heavy atom. The zero-order valence-electron chi connectivity index (χ0n) is 16.7. The molecule has 2 amide bonds. The quantitative estimate of drug-likeness (QED) is 0.772. The number of amides is 2. The summed E-state index contributed by atoms with van der Waals surface area (Å²) in [4.78, 5) is 27.2. The summed E-state index contributed by atoms with van der Waals surface area (Å²) in [7, 11) is 1.81. The number of rotatable bonds is 8. The molecule has 4 nitrogen and oxygen atoms in total. The monoisotopic (exact) mass is 366 g/mol. The molecule has 1 unspecified atom stereocenters. The molecule has 0 bridgehead atoms. The minimum Gasteiger partial charge on any atom is -0.344 e. The normalized spacial score (nSPS) is 11.9. The molecule has 0 aliphatic rings. The number of benzene rings is 2. The predicted molar refractivity (Wildman–Crippen MR) is 110 cm³/mol. The highest BCUT2D eigenvalue weighted by molar-refractivity contribution is 5.97. The van der Waals surface area contributed by atoms with Crippen molar-refractivity contribution >= 4 is 11.8 Å². The van der Waals surface area contributed by atoms with E-state index >= 15 is 0 Å². The SMILES string of the molecule is Cc1cccc(C(=O)NC(C(=O)N(C)CCCc2ccccc2)C(C)C)c1. The van der Waals surface area contributed by atoms with E-state index in [9.17, 15) is 9.59 Å². The molecule has 0 aromatic heterocycles. The van der Waals surface area contributed by atoms with E-state index in [1.165, 1.54) is 5.56 Å². The van der Waals surface area contributed by atoms with Crippen LogP contribution in [0.25, 0.3) is 0 Å². The Morgan fingerprint density at radius 2 is 1.74 bits per heavy atom. The van der Waals surface area contributed by atoms with Crippen LogP contribution in [0.15, 0.2) is 54.6 Å². The molecule has 0 saturated heterocycles. The number of aryl methyl sites for hydroxylation is 2. The number of carbonyl (C=O) groups excluding carboxylic acids is 2. The van der Waals surface area contributed by atoms with Gasteiger partial charge in [0.15, 0.2) is 0 Å². The highest BCUT2D eigenvalue weighted by Gasteiger charge is 2.27. The molecule has 144 valence electrons. The number of nitrogens with one attached hydrogen (secondary N) is 1. The van der Waals surface area contributed by atoms with E-state index in [1.807, 2.05) is 64.2 Å². The van der Waals surface area contributed by atoms with Crippen molar-refractivity contribution in [3.63, 3.8) is 0 Å². The van der Waals surface area contributed by atoms with Gasteiger partial charge in [0.25, 0.3) is 5.91 Å². The van der Waals surface area contributed by atoms with Crippen LogP contribution in [0.1, 0.15) is 41.8 Å². The number of nitrogens with zero attached hydrogens (tertiary/aromatic N) is 1. The molecule has 0 fully saturated rings. The van der Waals surface area contributed by atoms with Crippen molar-refractivity contribution in [3.05, 3.63) is 71.3 Å². The molecule has 0 aliphatic heterocycles. The van der Waals surface area contributed by atoms with Crippen LogP contribution in [0.2, 0.25) is 0 Å². The molecule has 2 aromatic carbocycles. The molecule has 27 heavy (non-hydrogen) atoms. The molecular formula is C23H30N2O2. The summed E-state index contributed by atoms with van der Waals surface area (Å²) in [5.74, 6) is -0.231. The summed E-state index contributed by atoms with van der Waals surface area (Å²) in [6.45, 7) is 6.52. The second-order valence-corrected chi connectivity index (χ2v) is 7.41. The van der Waals surface area contributed by atoms with E-state index < -0.39 is 6.04 Å². The average Bonchev–Trinajstić information content (AvgIpc) is 2.66. The van der Waals surface area contributed by atoms with Gasteiger partial charge in [0.2, 0.25) is 5.91 Å². The summed E-state index contributed by atoms with van der Waals surface area (Å²) in [6, 6.07) is 17.1. The van der Waals surface area contributed by atoms with Crippen LogP contribution in [-0.2, 0) is 11.2 Å². The fraction of sp³-hybridized carbons (Fsp3) is 0.391. The third kappa shape index (κ3) is 6.24. The van der Waals surface area contributed by atoms with Gasteiger partial charge in [0.05, 0.1) is 0 Å². The van der Waals surface area contributed by atoms with Gasteiger partial charge in [0, 0.05) is 19.2 Å². The van der Waals surface area contributed by atoms with Gasteiger partial charge < -0.3 is 10.2 Å². The zero-order valence-corrected chi connectivity index (χ0v) is 16.7. The first kappa shape index (κ1) is 20.7. The van der Waals surface area contributed by atoms with Gasteiger partial charge in [0.1, 0.15) is 6.04 Å². The van der Waals surface area contributed by atoms with Gasteiger partial charge in [-0.25, -0.2) is 0 Å². The molecular weight excluding hydrogens is 336 g/mol. The maximum absolute atomic E-state index is 12.9. The minimum absolute atomic E-state index is 0.0165.